The third kappa shape index (κ3) is 2.49. The lowest BCUT2D eigenvalue weighted by molar-refractivity contribution is 0.0956. The molecule has 1 amide bonds. The summed E-state index contributed by atoms with van der Waals surface area (Å²) in [5, 5.41) is 3.67. The van der Waals surface area contributed by atoms with E-state index in [-0.39, 0.29) is 5.91 Å². The lowest BCUT2D eigenvalue weighted by Crippen LogP contribution is -2.24. The summed E-state index contributed by atoms with van der Waals surface area (Å²) in [5.74, 6) is 2.39. The van der Waals surface area contributed by atoms with Gasteiger partial charge in [-0.1, -0.05) is 18.2 Å². The third-order valence-electron chi connectivity index (χ3n) is 2.64. The molecule has 90 valence electrons. The maximum Gasteiger partial charge on any atom is 0.252 e. The topological polar surface area (TPSA) is 42.0 Å². The Labute approximate surface area is 106 Å². The van der Waals surface area contributed by atoms with Gasteiger partial charge in [0.15, 0.2) is 0 Å². The summed E-state index contributed by atoms with van der Waals surface area (Å²) in [6.45, 7) is 2.37. The van der Waals surface area contributed by atoms with E-state index in [0.29, 0.717) is 18.5 Å². The highest BCUT2D eigenvalue weighted by molar-refractivity contribution is 6.06. The molecular formula is C15H14N2O. The first kappa shape index (κ1) is 12.1. The van der Waals surface area contributed by atoms with Crippen molar-refractivity contribution in [3.63, 3.8) is 0 Å². The second kappa shape index (κ2) is 5.33. The largest absolute Gasteiger partial charge is 0.351 e. The summed E-state index contributed by atoms with van der Waals surface area (Å²) in [6, 6.07) is 9.42. The van der Waals surface area contributed by atoms with Crippen molar-refractivity contribution in [1.82, 2.24) is 10.3 Å². The van der Waals surface area contributed by atoms with E-state index in [9.17, 15) is 4.79 Å². The number of pyridine rings is 1. The number of nitrogens with one attached hydrogen (secondary N) is 1. The van der Waals surface area contributed by atoms with E-state index in [1.165, 1.54) is 0 Å². The normalized spacial score (nSPS) is 10.0. The molecule has 0 saturated heterocycles. The van der Waals surface area contributed by atoms with Crippen molar-refractivity contribution in [3.05, 3.63) is 41.6 Å². The SMILES string of the molecule is C#CCCNC(=O)c1cc(C)nc2ccccc12. The zero-order valence-corrected chi connectivity index (χ0v) is 10.2. The number of benzene rings is 1. The molecule has 0 aliphatic rings. The number of terminal acetylenes is 1. The fraction of sp³-hybridized carbons (Fsp3) is 0.200. The Morgan fingerprint density at radius 3 is 3.00 bits per heavy atom. The van der Waals surface area contributed by atoms with Crippen LogP contribution >= 0.6 is 0 Å². The minimum atomic E-state index is -0.105. The van der Waals surface area contributed by atoms with Crippen LogP contribution in [0.2, 0.25) is 0 Å². The highest BCUT2D eigenvalue weighted by atomic mass is 16.1. The molecule has 3 heteroatoms. The first-order valence-electron chi connectivity index (χ1n) is 5.80. The third-order valence-corrected chi connectivity index (χ3v) is 2.64. The molecule has 1 N–H and O–H groups in total. The zero-order valence-electron chi connectivity index (χ0n) is 10.2. The smallest absolute Gasteiger partial charge is 0.252 e. The second-order valence-electron chi connectivity index (χ2n) is 4.04. The standard InChI is InChI=1S/C15H14N2O/c1-3-4-9-16-15(18)13-10-11(2)17-14-8-6-5-7-12(13)14/h1,5-8,10H,4,9H2,2H3,(H,16,18). The zero-order chi connectivity index (χ0) is 13.0. The first-order chi connectivity index (χ1) is 8.72. The van der Waals surface area contributed by atoms with Crippen LogP contribution in [-0.4, -0.2) is 17.4 Å². The quantitative estimate of drug-likeness (QED) is 0.658. The van der Waals surface area contributed by atoms with Crippen LogP contribution < -0.4 is 5.32 Å². The molecule has 1 aromatic carbocycles. The van der Waals surface area contributed by atoms with Gasteiger partial charge in [0.1, 0.15) is 0 Å². The fourth-order valence-electron chi connectivity index (χ4n) is 1.84. The van der Waals surface area contributed by atoms with Gasteiger partial charge >= 0.3 is 0 Å². The molecule has 18 heavy (non-hydrogen) atoms. The Hall–Kier alpha value is -2.34. The second-order valence-corrected chi connectivity index (χ2v) is 4.04. The molecule has 0 fully saturated rings. The van der Waals surface area contributed by atoms with Crippen LogP contribution in [-0.2, 0) is 0 Å². The van der Waals surface area contributed by atoms with Crippen LogP contribution in [0, 0.1) is 19.3 Å². The number of rotatable bonds is 3. The number of amides is 1. The van der Waals surface area contributed by atoms with E-state index in [4.69, 9.17) is 6.42 Å². The van der Waals surface area contributed by atoms with Crippen molar-refractivity contribution in [3.8, 4) is 12.3 Å². The number of aryl methyl sites for hydroxylation is 1. The van der Waals surface area contributed by atoms with Gasteiger partial charge in [-0.25, -0.2) is 0 Å². The minimum Gasteiger partial charge on any atom is -0.351 e. The van der Waals surface area contributed by atoms with Crippen LogP contribution in [0.25, 0.3) is 10.9 Å². The highest BCUT2D eigenvalue weighted by Crippen LogP contribution is 2.17. The van der Waals surface area contributed by atoms with Gasteiger partial charge in [-0.15, -0.1) is 12.3 Å². The number of hydrogen-bond donors (Lipinski definition) is 1. The van der Waals surface area contributed by atoms with Gasteiger partial charge in [0, 0.05) is 24.0 Å². The number of fused-ring (bicyclic) bond motifs is 1. The number of aromatic nitrogens is 1. The molecular weight excluding hydrogens is 224 g/mol. The van der Waals surface area contributed by atoms with Crippen LogP contribution in [0.4, 0.5) is 0 Å². The van der Waals surface area contributed by atoms with E-state index >= 15 is 0 Å². The molecule has 3 nitrogen and oxygen atoms in total. The predicted molar refractivity (Wildman–Crippen MR) is 72.3 cm³/mol. The maximum atomic E-state index is 12.1. The maximum absolute atomic E-state index is 12.1. The molecule has 1 heterocycles. The Morgan fingerprint density at radius 1 is 1.44 bits per heavy atom. The van der Waals surface area contributed by atoms with Crippen LogP contribution in [0.3, 0.4) is 0 Å². The van der Waals surface area contributed by atoms with Gasteiger partial charge in [0.05, 0.1) is 11.1 Å². The van der Waals surface area contributed by atoms with E-state index in [0.717, 1.165) is 16.6 Å². The molecule has 0 saturated carbocycles. The lowest BCUT2D eigenvalue weighted by Gasteiger charge is -2.08. The summed E-state index contributed by atoms with van der Waals surface area (Å²) >= 11 is 0. The summed E-state index contributed by atoms with van der Waals surface area (Å²) in [7, 11) is 0. The lowest BCUT2D eigenvalue weighted by atomic mass is 10.1. The molecule has 0 bridgehead atoms. The fourth-order valence-corrected chi connectivity index (χ4v) is 1.84. The molecule has 2 rings (SSSR count). The van der Waals surface area contributed by atoms with Gasteiger partial charge in [0.25, 0.3) is 5.91 Å². The Kier molecular flexibility index (Phi) is 3.59. The monoisotopic (exact) mass is 238 g/mol. The number of carbonyl (C=O) groups excluding carboxylic acids is 1. The Morgan fingerprint density at radius 2 is 2.22 bits per heavy atom. The minimum absolute atomic E-state index is 0.105. The summed E-state index contributed by atoms with van der Waals surface area (Å²) in [5.41, 5.74) is 2.31. The number of carbonyl (C=O) groups is 1. The van der Waals surface area contributed by atoms with Crippen molar-refractivity contribution in [2.24, 2.45) is 0 Å². The van der Waals surface area contributed by atoms with Crippen molar-refractivity contribution in [1.29, 1.82) is 0 Å². The van der Waals surface area contributed by atoms with Crippen LogP contribution in [0.1, 0.15) is 22.5 Å². The molecule has 0 spiro atoms. The van der Waals surface area contributed by atoms with Crippen molar-refractivity contribution < 1.29 is 4.79 Å². The van der Waals surface area contributed by atoms with Gasteiger partial charge in [-0.05, 0) is 19.1 Å². The first-order valence-corrected chi connectivity index (χ1v) is 5.80. The summed E-state index contributed by atoms with van der Waals surface area (Å²) in [4.78, 5) is 16.5. The highest BCUT2D eigenvalue weighted by Gasteiger charge is 2.10. The number of nitrogens with zero attached hydrogens (tertiary/aromatic N) is 1. The van der Waals surface area contributed by atoms with Gasteiger partial charge in [-0.3, -0.25) is 9.78 Å². The predicted octanol–water partition coefficient (Wildman–Crippen LogP) is 2.30. The van der Waals surface area contributed by atoms with E-state index < -0.39 is 0 Å². The molecule has 0 atom stereocenters. The number of para-hydroxylation sites is 1. The van der Waals surface area contributed by atoms with Crippen molar-refractivity contribution >= 4 is 16.8 Å². The Bertz CT molecular complexity index is 626. The Balaban J connectivity index is 2.38. The van der Waals surface area contributed by atoms with Crippen LogP contribution in [0.5, 0.6) is 0 Å². The van der Waals surface area contributed by atoms with E-state index in [1.807, 2.05) is 31.2 Å². The van der Waals surface area contributed by atoms with Gasteiger partial charge < -0.3 is 5.32 Å². The van der Waals surface area contributed by atoms with E-state index in [2.05, 4.69) is 16.2 Å². The van der Waals surface area contributed by atoms with Gasteiger partial charge in [-0.2, -0.15) is 0 Å². The molecule has 0 radical (unpaired) electrons. The van der Waals surface area contributed by atoms with Crippen LogP contribution in [0.15, 0.2) is 30.3 Å². The molecule has 0 aliphatic carbocycles. The molecule has 1 aromatic heterocycles. The van der Waals surface area contributed by atoms with Gasteiger partial charge in [0.2, 0.25) is 0 Å². The molecule has 0 unspecified atom stereocenters. The molecule has 2 aromatic rings. The van der Waals surface area contributed by atoms with Crippen molar-refractivity contribution in [2.45, 2.75) is 13.3 Å². The van der Waals surface area contributed by atoms with Crippen molar-refractivity contribution in [2.75, 3.05) is 6.54 Å². The number of hydrogen-bond acceptors (Lipinski definition) is 2. The van der Waals surface area contributed by atoms with E-state index in [1.54, 1.807) is 6.07 Å². The molecule has 0 aliphatic heterocycles. The summed E-state index contributed by atoms with van der Waals surface area (Å²) < 4.78 is 0. The summed E-state index contributed by atoms with van der Waals surface area (Å²) in [6.07, 6.45) is 5.69. The average molecular weight is 238 g/mol. The average Bonchev–Trinajstić information content (AvgIpc) is 2.38.